The summed E-state index contributed by atoms with van der Waals surface area (Å²) in [6.45, 7) is 1.78. The molecule has 0 aromatic carbocycles. The summed E-state index contributed by atoms with van der Waals surface area (Å²) in [4.78, 5) is 0. The summed E-state index contributed by atoms with van der Waals surface area (Å²) in [6.07, 6.45) is 0.598. The van der Waals surface area contributed by atoms with E-state index < -0.39 is 0 Å². The van der Waals surface area contributed by atoms with E-state index in [0.717, 1.165) is 0 Å². The van der Waals surface area contributed by atoms with Gasteiger partial charge in [0.25, 0.3) is 0 Å². The molecule has 0 fully saturated rings. The Morgan fingerprint density at radius 1 is 1.67 bits per heavy atom. The van der Waals surface area contributed by atoms with Crippen molar-refractivity contribution in [2.75, 3.05) is 0 Å². The molecule has 12 heavy (non-hydrogen) atoms. The molecule has 0 aliphatic carbocycles. The van der Waals surface area contributed by atoms with E-state index in [1.54, 1.807) is 19.1 Å². The molecule has 2 N–H and O–H groups in total. The van der Waals surface area contributed by atoms with Crippen LogP contribution < -0.4 is 5.73 Å². The summed E-state index contributed by atoms with van der Waals surface area (Å²) >= 11 is 5.58. The zero-order valence-corrected chi connectivity index (χ0v) is 7.56. The van der Waals surface area contributed by atoms with Crippen LogP contribution in [-0.4, -0.2) is 0 Å². The maximum atomic E-state index is 5.74. The standard InChI is InChI=1S/C9H10ClNO/c1-2-3-4-7(11)8-5-6-9(10)12-8/h5-7H,4,11H2,1H3. The van der Waals surface area contributed by atoms with Gasteiger partial charge in [-0.2, -0.15) is 0 Å². The van der Waals surface area contributed by atoms with Gasteiger partial charge >= 0.3 is 0 Å². The van der Waals surface area contributed by atoms with Gasteiger partial charge in [-0.25, -0.2) is 0 Å². The normalized spacial score (nSPS) is 11.9. The third-order valence-corrected chi connectivity index (χ3v) is 1.66. The second-order valence-corrected chi connectivity index (χ2v) is 2.75. The lowest BCUT2D eigenvalue weighted by molar-refractivity contribution is 0.471. The van der Waals surface area contributed by atoms with E-state index in [9.17, 15) is 0 Å². The lowest BCUT2D eigenvalue weighted by atomic mass is 10.2. The zero-order valence-electron chi connectivity index (χ0n) is 6.80. The molecule has 0 aliphatic heterocycles. The van der Waals surface area contributed by atoms with E-state index in [2.05, 4.69) is 11.8 Å². The number of rotatable bonds is 2. The lowest BCUT2D eigenvalue weighted by Gasteiger charge is -2.01. The fourth-order valence-corrected chi connectivity index (χ4v) is 0.992. The van der Waals surface area contributed by atoms with Gasteiger partial charge in [0, 0.05) is 6.42 Å². The van der Waals surface area contributed by atoms with Gasteiger partial charge in [-0.3, -0.25) is 0 Å². The first-order valence-electron chi connectivity index (χ1n) is 3.64. The molecule has 1 unspecified atom stereocenters. The number of furan rings is 1. The minimum absolute atomic E-state index is 0.176. The Morgan fingerprint density at radius 3 is 2.92 bits per heavy atom. The van der Waals surface area contributed by atoms with Crippen molar-refractivity contribution in [2.45, 2.75) is 19.4 Å². The Bertz CT molecular complexity index is 308. The smallest absolute Gasteiger partial charge is 0.193 e. The third-order valence-electron chi connectivity index (χ3n) is 1.46. The summed E-state index contributed by atoms with van der Waals surface area (Å²) in [6, 6.07) is 3.27. The molecule has 2 nitrogen and oxygen atoms in total. The van der Waals surface area contributed by atoms with Crippen molar-refractivity contribution in [1.82, 2.24) is 0 Å². The van der Waals surface area contributed by atoms with Crippen LogP contribution in [0.4, 0.5) is 0 Å². The molecule has 64 valence electrons. The zero-order chi connectivity index (χ0) is 8.97. The first-order chi connectivity index (χ1) is 5.74. The minimum Gasteiger partial charge on any atom is -0.448 e. The molecular weight excluding hydrogens is 174 g/mol. The van der Waals surface area contributed by atoms with Crippen molar-refractivity contribution < 1.29 is 4.42 Å². The molecule has 0 bridgehead atoms. The van der Waals surface area contributed by atoms with Crippen LogP contribution in [-0.2, 0) is 0 Å². The molecule has 0 spiro atoms. The predicted molar refractivity (Wildman–Crippen MR) is 48.7 cm³/mol. The van der Waals surface area contributed by atoms with Gasteiger partial charge in [-0.15, -0.1) is 11.8 Å². The highest BCUT2D eigenvalue weighted by molar-refractivity contribution is 6.28. The minimum atomic E-state index is -0.176. The Balaban J connectivity index is 2.62. The molecule has 1 aromatic heterocycles. The quantitative estimate of drug-likeness (QED) is 0.715. The number of halogens is 1. The number of nitrogens with two attached hydrogens (primary N) is 1. The van der Waals surface area contributed by atoms with Crippen LogP contribution in [0.3, 0.4) is 0 Å². The molecule has 1 rings (SSSR count). The van der Waals surface area contributed by atoms with Gasteiger partial charge in [-0.1, -0.05) is 0 Å². The van der Waals surface area contributed by atoms with Gasteiger partial charge in [0.05, 0.1) is 6.04 Å². The molecular formula is C9H10ClNO. The van der Waals surface area contributed by atoms with E-state index in [0.29, 0.717) is 17.4 Å². The predicted octanol–water partition coefficient (Wildman–Crippen LogP) is 2.35. The van der Waals surface area contributed by atoms with Gasteiger partial charge < -0.3 is 10.2 Å². The fourth-order valence-electron chi connectivity index (χ4n) is 0.840. The molecule has 0 aliphatic rings. The average molecular weight is 184 g/mol. The van der Waals surface area contributed by atoms with Crippen molar-refractivity contribution in [3.63, 3.8) is 0 Å². The third kappa shape index (κ3) is 2.30. The van der Waals surface area contributed by atoms with Crippen molar-refractivity contribution in [2.24, 2.45) is 5.73 Å². The van der Waals surface area contributed by atoms with Crippen LogP contribution in [0.2, 0.25) is 5.22 Å². The maximum Gasteiger partial charge on any atom is 0.193 e. The summed E-state index contributed by atoms with van der Waals surface area (Å²) in [5.74, 6) is 6.33. The summed E-state index contributed by atoms with van der Waals surface area (Å²) in [5, 5.41) is 0.366. The van der Waals surface area contributed by atoms with Crippen LogP contribution in [0, 0.1) is 11.8 Å². The topological polar surface area (TPSA) is 39.2 Å². The molecule has 1 atom stereocenters. The number of hydrogen-bond acceptors (Lipinski definition) is 2. The molecule has 1 heterocycles. The molecule has 0 amide bonds. The fraction of sp³-hybridized carbons (Fsp3) is 0.333. The van der Waals surface area contributed by atoms with Crippen LogP contribution in [0.5, 0.6) is 0 Å². The molecule has 3 heteroatoms. The highest BCUT2D eigenvalue weighted by atomic mass is 35.5. The highest BCUT2D eigenvalue weighted by Crippen LogP contribution is 2.19. The first-order valence-corrected chi connectivity index (χ1v) is 4.02. The van der Waals surface area contributed by atoms with Gasteiger partial charge in [0.15, 0.2) is 5.22 Å². The summed E-state index contributed by atoms with van der Waals surface area (Å²) < 4.78 is 5.11. The molecule has 0 saturated carbocycles. The van der Waals surface area contributed by atoms with Gasteiger partial charge in [0.1, 0.15) is 5.76 Å². The van der Waals surface area contributed by atoms with Crippen LogP contribution in [0.25, 0.3) is 0 Å². The largest absolute Gasteiger partial charge is 0.448 e. The Labute approximate surface area is 76.7 Å². The highest BCUT2D eigenvalue weighted by Gasteiger charge is 2.08. The van der Waals surface area contributed by atoms with Crippen molar-refractivity contribution in [3.05, 3.63) is 23.1 Å². The molecule has 0 saturated heterocycles. The van der Waals surface area contributed by atoms with Crippen molar-refractivity contribution in [1.29, 1.82) is 0 Å². The Morgan fingerprint density at radius 2 is 2.42 bits per heavy atom. The summed E-state index contributed by atoms with van der Waals surface area (Å²) in [5.41, 5.74) is 5.74. The average Bonchev–Trinajstić information content (AvgIpc) is 2.47. The second kappa shape index (κ2) is 4.20. The van der Waals surface area contributed by atoms with Crippen LogP contribution in [0.15, 0.2) is 16.5 Å². The van der Waals surface area contributed by atoms with Crippen molar-refractivity contribution >= 4 is 11.6 Å². The second-order valence-electron chi connectivity index (χ2n) is 2.38. The SMILES string of the molecule is CC#CCC(N)c1ccc(Cl)o1. The number of hydrogen-bond donors (Lipinski definition) is 1. The van der Waals surface area contributed by atoms with E-state index in [1.165, 1.54) is 0 Å². The van der Waals surface area contributed by atoms with Gasteiger partial charge in [0.2, 0.25) is 0 Å². The lowest BCUT2D eigenvalue weighted by Crippen LogP contribution is -2.07. The van der Waals surface area contributed by atoms with Crippen molar-refractivity contribution in [3.8, 4) is 11.8 Å². The first kappa shape index (κ1) is 9.18. The van der Waals surface area contributed by atoms with Gasteiger partial charge in [-0.05, 0) is 30.7 Å². The van der Waals surface area contributed by atoms with E-state index in [1.807, 2.05) is 0 Å². The monoisotopic (exact) mass is 183 g/mol. The van der Waals surface area contributed by atoms with Crippen LogP contribution >= 0.6 is 11.6 Å². The maximum absolute atomic E-state index is 5.74. The van der Waals surface area contributed by atoms with E-state index >= 15 is 0 Å². The Hall–Kier alpha value is -0.910. The molecule has 1 aromatic rings. The molecule has 0 radical (unpaired) electrons. The Kier molecular flexibility index (Phi) is 3.21. The van der Waals surface area contributed by atoms with Crippen LogP contribution in [0.1, 0.15) is 25.1 Å². The summed E-state index contributed by atoms with van der Waals surface area (Å²) in [7, 11) is 0. The van der Waals surface area contributed by atoms with E-state index in [4.69, 9.17) is 21.8 Å². The van der Waals surface area contributed by atoms with E-state index in [-0.39, 0.29) is 6.04 Å².